The highest BCUT2D eigenvalue weighted by molar-refractivity contribution is 5.77. The molecule has 0 radical (unpaired) electrons. The van der Waals surface area contributed by atoms with Crippen LogP contribution in [-0.4, -0.2) is 15.3 Å². The Morgan fingerprint density at radius 2 is 0.667 bits per heavy atom. The summed E-state index contributed by atoms with van der Waals surface area (Å²) >= 11 is 0. The maximum absolute atomic E-state index is 11.1. The lowest BCUT2D eigenvalue weighted by molar-refractivity contribution is 0.475. The monoisotopic (exact) mass is 590 g/mol. The molecule has 224 valence electrons. The van der Waals surface area contributed by atoms with Gasteiger partial charge in [-0.1, -0.05) is 115 Å². The van der Waals surface area contributed by atoms with E-state index in [1.165, 1.54) is 0 Å². The lowest BCUT2D eigenvalue weighted by Gasteiger charge is -2.36. The van der Waals surface area contributed by atoms with Crippen LogP contribution in [0.1, 0.15) is 46.7 Å². The van der Waals surface area contributed by atoms with Crippen LogP contribution in [0.4, 0.5) is 0 Å². The number of phenols is 3. The van der Waals surface area contributed by atoms with Gasteiger partial charge in [0, 0.05) is 22.1 Å². The molecule has 0 aromatic heterocycles. The molecular formula is C42H38O3. The molecule has 0 aliphatic heterocycles. The zero-order chi connectivity index (χ0) is 31.7. The van der Waals surface area contributed by atoms with Gasteiger partial charge in [-0.25, -0.2) is 0 Å². The molecule has 45 heavy (non-hydrogen) atoms. The fraction of sp³-hybridized carbons (Fsp3) is 0.143. The van der Waals surface area contributed by atoms with E-state index in [1.54, 1.807) is 18.2 Å². The molecule has 0 unspecified atom stereocenters. The molecule has 0 atom stereocenters. The Morgan fingerprint density at radius 1 is 0.400 bits per heavy atom. The van der Waals surface area contributed by atoms with Crippen LogP contribution >= 0.6 is 0 Å². The zero-order valence-electron chi connectivity index (χ0n) is 26.2. The molecule has 0 saturated carbocycles. The van der Waals surface area contributed by atoms with Crippen molar-refractivity contribution in [3.8, 4) is 50.6 Å². The highest BCUT2D eigenvalue weighted by atomic mass is 16.3. The second-order valence-corrected chi connectivity index (χ2v) is 12.1. The predicted molar refractivity (Wildman–Crippen MR) is 185 cm³/mol. The molecule has 3 nitrogen and oxygen atoms in total. The van der Waals surface area contributed by atoms with Crippen LogP contribution in [0.15, 0.2) is 127 Å². The summed E-state index contributed by atoms with van der Waals surface area (Å²) in [6, 6.07) is 42.1. The quantitative estimate of drug-likeness (QED) is 0.162. The molecule has 0 bridgehead atoms. The van der Waals surface area contributed by atoms with Crippen LogP contribution in [0.5, 0.6) is 17.2 Å². The number of hydrogen-bond acceptors (Lipinski definition) is 3. The van der Waals surface area contributed by atoms with Gasteiger partial charge in [-0.15, -0.1) is 0 Å². The Bertz CT molecular complexity index is 1740. The number of aryl methyl sites for hydroxylation is 3. The van der Waals surface area contributed by atoms with E-state index < -0.39 is 5.41 Å². The van der Waals surface area contributed by atoms with Gasteiger partial charge in [0.15, 0.2) is 0 Å². The fourth-order valence-corrected chi connectivity index (χ4v) is 6.41. The van der Waals surface area contributed by atoms with Crippen molar-refractivity contribution in [2.24, 2.45) is 0 Å². The van der Waals surface area contributed by atoms with Crippen LogP contribution in [0, 0.1) is 20.8 Å². The fourth-order valence-electron chi connectivity index (χ4n) is 6.41. The minimum absolute atomic E-state index is 0.213. The van der Waals surface area contributed by atoms with Gasteiger partial charge in [0.1, 0.15) is 17.2 Å². The summed E-state index contributed by atoms with van der Waals surface area (Å²) in [5, 5.41) is 33.2. The van der Waals surface area contributed by atoms with E-state index in [0.717, 1.165) is 66.8 Å². The van der Waals surface area contributed by atoms with E-state index in [4.69, 9.17) is 0 Å². The van der Waals surface area contributed by atoms with Crippen molar-refractivity contribution >= 4 is 0 Å². The predicted octanol–water partition coefficient (Wildman–Crippen LogP) is 10.5. The van der Waals surface area contributed by atoms with Crippen molar-refractivity contribution < 1.29 is 15.3 Å². The third kappa shape index (κ3) is 5.58. The Morgan fingerprint density at radius 3 is 0.911 bits per heavy atom. The van der Waals surface area contributed by atoms with E-state index in [2.05, 4.69) is 82.3 Å². The second-order valence-electron chi connectivity index (χ2n) is 12.1. The van der Waals surface area contributed by atoms with Crippen molar-refractivity contribution in [3.63, 3.8) is 0 Å². The van der Waals surface area contributed by atoms with Gasteiger partial charge in [-0.3, -0.25) is 0 Å². The third-order valence-electron chi connectivity index (χ3n) is 9.09. The standard InChI is InChI=1S/C42H38O3/c1-5-42(33-18-21-39(43)36(24-33)30-12-6-27(2)7-13-30,34-19-22-40(44)37(25-34)31-14-8-28(3)9-15-31)35-20-23-41(45)38(26-35)32-16-10-29(4)11-17-32/h6-26,43-45H,5H2,1-4H3. The van der Waals surface area contributed by atoms with Gasteiger partial charge in [-0.2, -0.15) is 0 Å². The summed E-state index contributed by atoms with van der Waals surface area (Å²) < 4.78 is 0. The Kier molecular flexibility index (Phi) is 7.95. The van der Waals surface area contributed by atoms with Gasteiger partial charge in [0.25, 0.3) is 0 Å². The average Bonchev–Trinajstić information content (AvgIpc) is 3.05. The maximum atomic E-state index is 11.1. The van der Waals surface area contributed by atoms with Gasteiger partial charge < -0.3 is 15.3 Å². The Hall–Kier alpha value is -5.28. The summed E-state index contributed by atoms with van der Waals surface area (Å²) in [6.07, 6.45) is 0.682. The van der Waals surface area contributed by atoms with Crippen LogP contribution in [-0.2, 0) is 5.41 Å². The smallest absolute Gasteiger partial charge is 0.123 e. The minimum atomic E-state index is -0.687. The number of rotatable bonds is 7. The number of phenolic OH excluding ortho intramolecular Hbond substituents is 3. The first-order valence-corrected chi connectivity index (χ1v) is 15.4. The van der Waals surface area contributed by atoms with E-state index in [9.17, 15) is 15.3 Å². The topological polar surface area (TPSA) is 60.7 Å². The summed E-state index contributed by atoms with van der Waals surface area (Å²) in [4.78, 5) is 0. The van der Waals surface area contributed by atoms with Gasteiger partial charge >= 0.3 is 0 Å². The first-order valence-electron chi connectivity index (χ1n) is 15.4. The molecule has 0 spiro atoms. The van der Waals surface area contributed by atoms with Crippen molar-refractivity contribution in [2.45, 2.75) is 39.5 Å². The molecule has 0 amide bonds. The molecular weight excluding hydrogens is 552 g/mol. The maximum Gasteiger partial charge on any atom is 0.123 e. The van der Waals surface area contributed by atoms with Crippen LogP contribution in [0.3, 0.4) is 0 Å². The van der Waals surface area contributed by atoms with Gasteiger partial charge in [-0.05, 0) is 97.0 Å². The largest absolute Gasteiger partial charge is 0.507 e. The highest BCUT2D eigenvalue weighted by Gasteiger charge is 2.36. The first-order chi connectivity index (χ1) is 21.7. The van der Waals surface area contributed by atoms with Crippen LogP contribution < -0.4 is 0 Å². The highest BCUT2D eigenvalue weighted by Crippen LogP contribution is 2.48. The summed E-state index contributed by atoms with van der Waals surface area (Å²) in [5.74, 6) is 0.638. The molecule has 0 saturated heterocycles. The molecule has 0 aliphatic carbocycles. The molecule has 0 fully saturated rings. The summed E-state index contributed by atoms with van der Waals surface area (Å²) in [5.41, 5.74) is 10.8. The lowest BCUT2D eigenvalue weighted by Crippen LogP contribution is -2.29. The van der Waals surface area contributed by atoms with E-state index in [1.807, 2.05) is 54.6 Å². The number of aromatic hydroxyl groups is 3. The SMILES string of the molecule is CCC(c1ccc(O)c(-c2ccc(C)cc2)c1)(c1ccc(O)c(-c2ccc(C)cc2)c1)c1ccc(O)c(-c2ccc(C)cc2)c1. The van der Waals surface area contributed by atoms with Crippen molar-refractivity contribution in [3.05, 3.63) is 161 Å². The van der Waals surface area contributed by atoms with Crippen LogP contribution in [0.2, 0.25) is 0 Å². The third-order valence-corrected chi connectivity index (χ3v) is 9.09. The Balaban J connectivity index is 1.63. The molecule has 3 N–H and O–H groups in total. The van der Waals surface area contributed by atoms with Crippen molar-refractivity contribution in [1.82, 2.24) is 0 Å². The van der Waals surface area contributed by atoms with E-state index >= 15 is 0 Å². The van der Waals surface area contributed by atoms with Gasteiger partial charge in [0.2, 0.25) is 0 Å². The van der Waals surface area contributed by atoms with E-state index in [0.29, 0.717) is 6.42 Å². The summed E-state index contributed by atoms with van der Waals surface area (Å²) in [7, 11) is 0. The van der Waals surface area contributed by atoms with Crippen molar-refractivity contribution in [2.75, 3.05) is 0 Å². The summed E-state index contributed by atoms with van der Waals surface area (Å²) in [6.45, 7) is 8.31. The normalized spacial score (nSPS) is 11.5. The first kappa shape index (κ1) is 29.8. The number of hydrogen-bond donors (Lipinski definition) is 3. The average molecular weight is 591 g/mol. The van der Waals surface area contributed by atoms with Gasteiger partial charge in [0.05, 0.1) is 0 Å². The second kappa shape index (κ2) is 12.0. The van der Waals surface area contributed by atoms with Crippen LogP contribution in [0.25, 0.3) is 33.4 Å². The Labute approximate surface area is 265 Å². The van der Waals surface area contributed by atoms with Crippen molar-refractivity contribution in [1.29, 1.82) is 0 Å². The molecule has 0 heterocycles. The molecule has 3 heteroatoms. The molecule has 6 rings (SSSR count). The molecule has 6 aromatic rings. The lowest BCUT2D eigenvalue weighted by atomic mass is 9.66. The zero-order valence-corrected chi connectivity index (χ0v) is 26.2. The van der Waals surface area contributed by atoms with E-state index in [-0.39, 0.29) is 17.2 Å². The molecule has 0 aliphatic rings. The number of benzene rings is 6. The molecule has 6 aromatic carbocycles. The minimum Gasteiger partial charge on any atom is -0.507 e.